The van der Waals surface area contributed by atoms with E-state index in [1.165, 1.54) is 23.2 Å². The summed E-state index contributed by atoms with van der Waals surface area (Å²) < 4.78 is 40.7. The van der Waals surface area contributed by atoms with Crippen molar-refractivity contribution >= 4 is 28.5 Å². The van der Waals surface area contributed by atoms with Gasteiger partial charge < -0.3 is 20.9 Å². The second kappa shape index (κ2) is 12.4. The van der Waals surface area contributed by atoms with Crippen LogP contribution in [0.1, 0.15) is 30.9 Å². The number of pyridine rings is 1. The number of halogens is 3. The highest BCUT2D eigenvalue weighted by Gasteiger charge is 2.43. The number of rotatable bonds is 10. The minimum Gasteiger partial charge on any atom is -0.384 e. The summed E-state index contributed by atoms with van der Waals surface area (Å²) in [4.78, 5) is 31.5. The Balaban J connectivity index is 1.92. The SMILES string of the molecule is CCCCN(C)C(=O)N[C@@H](Cc1cccc2ccccc12)CN(Cc1ccc(N)nc1)C(=O)C(F)(F)F. The first-order chi connectivity index (χ1) is 17.6. The summed E-state index contributed by atoms with van der Waals surface area (Å²) in [6.45, 7) is 1.83. The summed E-state index contributed by atoms with van der Waals surface area (Å²) in [6, 6.07) is 15.1. The van der Waals surface area contributed by atoms with Crippen molar-refractivity contribution < 1.29 is 22.8 Å². The lowest BCUT2D eigenvalue weighted by Crippen LogP contribution is -2.52. The minimum absolute atomic E-state index is 0.216. The van der Waals surface area contributed by atoms with Crippen LogP contribution in [0, 0.1) is 0 Å². The monoisotopic (exact) mass is 515 g/mol. The van der Waals surface area contributed by atoms with Gasteiger partial charge in [-0.2, -0.15) is 13.2 Å². The number of benzene rings is 2. The molecule has 0 spiro atoms. The molecule has 1 atom stereocenters. The van der Waals surface area contributed by atoms with Crippen LogP contribution in [0.3, 0.4) is 0 Å². The third kappa shape index (κ3) is 7.83. The van der Waals surface area contributed by atoms with Crippen molar-refractivity contribution in [1.82, 2.24) is 20.1 Å². The van der Waals surface area contributed by atoms with E-state index in [2.05, 4.69) is 10.3 Å². The normalized spacial score (nSPS) is 12.2. The molecule has 7 nitrogen and oxygen atoms in total. The number of carbonyl (C=O) groups excluding carboxylic acids is 2. The Labute approximate surface area is 214 Å². The molecule has 198 valence electrons. The summed E-state index contributed by atoms with van der Waals surface area (Å²) in [5.74, 6) is -1.77. The second-order valence-electron chi connectivity index (χ2n) is 9.04. The van der Waals surface area contributed by atoms with Crippen molar-refractivity contribution in [1.29, 1.82) is 0 Å². The van der Waals surface area contributed by atoms with Gasteiger partial charge in [-0.05, 0) is 40.8 Å². The van der Waals surface area contributed by atoms with Crippen LogP contribution < -0.4 is 11.1 Å². The highest BCUT2D eigenvalue weighted by molar-refractivity contribution is 5.86. The molecule has 3 amide bonds. The Hall–Kier alpha value is -3.82. The lowest BCUT2D eigenvalue weighted by atomic mass is 9.98. The Morgan fingerprint density at radius 2 is 1.81 bits per heavy atom. The van der Waals surface area contributed by atoms with Crippen LogP contribution in [-0.2, 0) is 17.8 Å². The number of unbranched alkanes of at least 4 members (excludes halogenated alkanes) is 1. The van der Waals surface area contributed by atoms with Gasteiger partial charge >= 0.3 is 18.1 Å². The van der Waals surface area contributed by atoms with Crippen LogP contribution in [0.25, 0.3) is 10.8 Å². The summed E-state index contributed by atoms with van der Waals surface area (Å²) in [5.41, 5.74) is 6.84. The Kier molecular flexibility index (Phi) is 9.32. The van der Waals surface area contributed by atoms with Gasteiger partial charge in [-0.3, -0.25) is 4.79 Å². The number of urea groups is 1. The predicted molar refractivity (Wildman–Crippen MR) is 138 cm³/mol. The van der Waals surface area contributed by atoms with Gasteiger partial charge in [0.05, 0.1) is 6.04 Å². The standard InChI is InChI=1S/C27H32F3N5O2/c1-3-4-14-34(2)26(37)33-22(15-21-10-7-9-20-8-5-6-11-23(20)21)18-35(25(36)27(28,29)30)17-19-12-13-24(31)32-16-19/h5-13,16,22H,3-4,14-15,17-18H2,1-2H3,(H2,31,32)(H,33,37)/t22-/m0/s1. The van der Waals surface area contributed by atoms with Crippen LogP contribution in [0.2, 0.25) is 0 Å². The molecular formula is C27H32F3N5O2. The van der Waals surface area contributed by atoms with Gasteiger partial charge in [-0.25, -0.2) is 9.78 Å². The molecule has 0 aliphatic carbocycles. The van der Waals surface area contributed by atoms with E-state index in [-0.39, 0.29) is 25.3 Å². The van der Waals surface area contributed by atoms with Gasteiger partial charge in [0, 0.05) is 32.9 Å². The number of alkyl halides is 3. The van der Waals surface area contributed by atoms with E-state index in [1.807, 2.05) is 49.4 Å². The highest BCUT2D eigenvalue weighted by atomic mass is 19.4. The predicted octanol–water partition coefficient (Wildman–Crippen LogP) is 4.76. The maximum Gasteiger partial charge on any atom is 0.471 e. The molecule has 0 aliphatic rings. The number of nitrogens with one attached hydrogen (secondary N) is 1. The molecule has 3 rings (SSSR count). The number of nitrogen functional groups attached to an aromatic ring is 1. The number of hydrogen-bond acceptors (Lipinski definition) is 4. The zero-order chi connectivity index (χ0) is 27.0. The molecule has 0 radical (unpaired) electrons. The third-order valence-corrected chi connectivity index (χ3v) is 6.06. The number of nitrogens with two attached hydrogens (primary N) is 1. The average Bonchev–Trinajstić information content (AvgIpc) is 2.87. The van der Waals surface area contributed by atoms with Crippen molar-refractivity contribution in [2.75, 3.05) is 25.9 Å². The van der Waals surface area contributed by atoms with Gasteiger partial charge in [0.1, 0.15) is 5.82 Å². The first kappa shape index (κ1) is 27.8. The van der Waals surface area contributed by atoms with Gasteiger partial charge in [0.2, 0.25) is 0 Å². The maximum absolute atomic E-state index is 13.6. The fourth-order valence-electron chi connectivity index (χ4n) is 4.09. The number of aromatic nitrogens is 1. The van der Waals surface area contributed by atoms with E-state index in [4.69, 9.17) is 5.73 Å². The van der Waals surface area contributed by atoms with E-state index in [9.17, 15) is 22.8 Å². The van der Waals surface area contributed by atoms with Crippen molar-refractivity contribution in [3.05, 3.63) is 71.9 Å². The molecule has 0 saturated carbocycles. The zero-order valence-corrected chi connectivity index (χ0v) is 21.0. The lowest BCUT2D eigenvalue weighted by Gasteiger charge is -2.30. The van der Waals surface area contributed by atoms with Gasteiger partial charge in [0.15, 0.2) is 0 Å². The van der Waals surface area contributed by atoms with Gasteiger partial charge in [0.25, 0.3) is 0 Å². The first-order valence-corrected chi connectivity index (χ1v) is 12.1. The molecule has 0 fully saturated rings. The van der Waals surface area contributed by atoms with Crippen molar-refractivity contribution in [3.8, 4) is 0 Å². The molecule has 0 bridgehead atoms. The molecular weight excluding hydrogens is 483 g/mol. The topological polar surface area (TPSA) is 91.6 Å². The van der Waals surface area contributed by atoms with Crippen LogP contribution in [0.4, 0.5) is 23.8 Å². The third-order valence-electron chi connectivity index (χ3n) is 6.06. The second-order valence-corrected chi connectivity index (χ2v) is 9.04. The lowest BCUT2D eigenvalue weighted by molar-refractivity contribution is -0.186. The largest absolute Gasteiger partial charge is 0.471 e. The molecule has 0 unspecified atom stereocenters. The average molecular weight is 516 g/mol. The Bertz CT molecular complexity index is 1200. The number of nitrogens with zero attached hydrogens (tertiary/aromatic N) is 3. The molecule has 1 heterocycles. The number of amides is 3. The van der Waals surface area contributed by atoms with E-state index in [0.717, 1.165) is 29.2 Å². The molecule has 0 aliphatic heterocycles. The molecule has 3 aromatic rings. The Morgan fingerprint density at radius 1 is 1.08 bits per heavy atom. The molecule has 10 heteroatoms. The quantitative estimate of drug-likeness (QED) is 0.407. The number of anilines is 1. The molecule has 3 N–H and O–H groups in total. The fraction of sp³-hybridized carbons (Fsp3) is 0.370. The van der Waals surface area contributed by atoms with E-state index in [1.54, 1.807) is 7.05 Å². The molecule has 2 aromatic carbocycles. The summed E-state index contributed by atoms with van der Waals surface area (Å²) in [7, 11) is 1.64. The van der Waals surface area contributed by atoms with E-state index >= 15 is 0 Å². The van der Waals surface area contributed by atoms with Crippen LogP contribution >= 0.6 is 0 Å². The zero-order valence-electron chi connectivity index (χ0n) is 21.0. The van der Waals surface area contributed by atoms with Crippen molar-refractivity contribution in [3.63, 3.8) is 0 Å². The summed E-state index contributed by atoms with van der Waals surface area (Å²) >= 11 is 0. The smallest absolute Gasteiger partial charge is 0.384 e. The van der Waals surface area contributed by atoms with E-state index < -0.39 is 24.2 Å². The minimum atomic E-state index is -5.08. The van der Waals surface area contributed by atoms with Crippen molar-refractivity contribution in [2.24, 2.45) is 0 Å². The summed E-state index contributed by atoms with van der Waals surface area (Å²) in [6.07, 6.45) is -1.83. The Morgan fingerprint density at radius 3 is 2.49 bits per heavy atom. The maximum atomic E-state index is 13.6. The van der Waals surface area contributed by atoms with Gasteiger partial charge in [-0.1, -0.05) is 61.9 Å². The molecule has 0 saturated heterocycles. The van der Waals surface area contributed by atoms with Gasteiger partial charge in [-0.15, -0.1) is 0 Å². The highest BCUT2D eigenvalue weighted by Crippen LogP contribution is 2.23. The number of carbonyl (C=O) groups is 2. The van der Waals surface area contributed by atoms with Crippen LogP contribution in [0.5, 0.6) is 0 Å². The van der Waals surface area contributed by atoms with Crippen LogP contribution in [0.15, 0.2) is 60.8 Å². The fourth-order valence-corrected chi connectivity index (χ4v) is 4.09. The first-order valence-electron chi connectivity index (χ1n) is 12.1. The number of hydrogen-bond donors (Lipinski definition) is 2. The summed E-state index contributed by atoms with van der Waals surface area (Å²) in [5, 5.41) is 4.76. The van der Waals surface area contributed by atoms with Crippen molar-refractivity contribution in [2.45, 2.75) is 44.9 Å². The number of fused-ring (bicyclic) bond motifs is 1. The van der Waals surface area contributed by atoms with Crippen LogP contribution in [-0.4, -0.2) is 59.1 Å². The van der Waals surface area contributed by atoms with E-state index in [0.29, 0.717) is 17.0 Å². The molecule has 1 aromatic heterocycles. The molecule has 37 heavy (non-hydrogen) atoms.